The highest BCUT2D eigenvalue weighted by Crippen LogP contribution is 2.28. The van der Waals surface area contributed by atoms with Crippen LogP contribution in [-0.2, 0) is 13.6 Å². The predicted octanol–water partition coefficient (Wildman–Crippen LogP) is 3.04. The molecule has 0 unspecified atom stereocenters. The van der Waals surface area contributed by atoms with Crippen LogP contribution in [0.25, 0.3) is 10.2 Å². The molecule has 0 aliphatic rings. The normalized spacial score (nSPS) is 10.8. The third-order valence-electron chi connectivity index (χ3n) is 4.34. The maximum atomic E-state index is 13.2. The Kier molecular flexibility index (Phi) is 5.36. The molecule has 9 heteroatoms. The molecule has 28 heavy (non-hydrogen) atoms. The first-order chi connectivity index (χ1) is 13.3. The number of nitro groups is 1. The van der Waals surface area contributed by atoms with Crippen LogP contribution in [0, 0.1) is 17.0 Å². The van der Waals surface area contributed by atoms with E-state index in [1.54, 1.807) is 32.2 Å². The van der Waals surface area contributed by atoms with E-state index >= 15 is 0 Å². The summed E-state index contributed by atoms with van der Waals surface area (Å²) in [6.45, 7) is 5.87. The number of carbonyl (C=O) groups is 1. The van der Waals surface area contributed by atoms with Gasteiger partial charge in [-0.15, -0.1) is 17.9 Å². The van der Waals surface area contributed by atoms with Crippen LogP contribution in [0.3, 0.4) is 0 Å². The van der Waals surface area contributed by atoms with Crippen LogP contribution in [0.5, 0.6) is 0 Å². The number of hydrogen-bond acceptors (Lipinski definition) is 6. The molecule has 1 amide bonds. The molecule has 1 aromatic carbocycles. The van der Waals surface area contributed by atoms with E-state index in [0.717, 1.165) is 0 Å². The highest BCUT2D eigenvalue weighted by Gasteiger charge is 2.23. The molecule has 0 saturated heterocycles. The van der Waals surface area contributed by atoms with E-state index in [1.165, 1.54) is 39.3 Å². The number of aryl methyl sites for hydroxylation is 2. The summed E-state index contributed by atoms with van der Waals surface area (Å²) in [5.41, 5.74) is 0.991. The van der Waals surface area contributed by atoms with Crippen molar-refractivity contribution in [3.8, 4) is 0 Å². The number of nitro benzene ring substituents is 1. The molecule has 0 aliphatic carbocycles. The molecular formula is C19H18N4O4S. The van der Waals surface area contributed by atoms with Crippen molar-refractivity contribution in [1.29, 1.82) is 0 Å². The fourth-order valence-corrected chi connectivity index (χ4v) is 4.03. The summed E-state index contributed by atoms with van der Waals surface area (Å²) < 4.78 is 1.38. The van der Waals surface area contributed by atoms with Crippen LogP contribution in [-0.4, -0.2) is 31.8 Å². The van der Waals surface area contributed by atoms with E-state index in [-0.39, 0.29) is 30.2 Å². The SMILES string of the molecule is C=CCN(Cc1cccc([N+](=O)[O-])c1)C(=O)c1sc2ncn(C)c(=O)c2c1C. The topological polar surface area (TPSA) is 98.3 Å². The Morgan fingerprint density at radius 1 is 1.46 bits per heavy atom. The monoisotopic (exact) mass is 398 g/mol. The van der Waals surface area contributed by atoms with Gasteiger partial charge in [-0.2, -0.15) is 0 Å². The maximum absolute atomic E-state index is 13.2. The van der Waals surface area contributed by atoms with Gasteiger partial charge in [0, 0.05) is 32.3 Å². The highest BCUT2D eigenvalue weighted by atomic mass is 32.1. The second-order valence-electron chi connectivity index (χ2n) is 6.30. The number of amides is 1. The lowest BCUT2D eigenvalue weighted by Crippen LogP contribution is -2.30. The van der Waals surface area contributed by atoms with Crippen molar-refractivity contribution in [3.05, 3.63) is 79.7 Å². The van der Waals surface area contributed by atoms with Gasteiger partial charge in [-0.1, -0.05) is 18.2 Å². The van der Waals surface area contributed by atoms with Crippen LogP contribution in [0.4, 0.5) is 5.69 Å². The molecule has 0 aliphatic heterocycles. The molecule has 0 spiro atoms. The molecule has 3 aromatic rings. The van der Waals surface area contributed by atoms with E-state index < -0.39 is 4.92 Å². The molecule has 0 bridgehead atoms. The molecule has 0 N–H and O–H groups in total. The zero-order valence-electron chi connectivity index (χ0n) is 15.4. The molecule has 0 atom stereocenters. The highest BCUT2D eigenvalue weighted by molar-refractivity contribution is 7.20. The second kappa shape index (κ2) is 7.73. The summed E-state index contributed by atoms with van der Waals surface area (Å²) in [5.74, 6) is -0.269. The lowest BCUT2D eigenvalue weighted by molar-refractivity contribution is -0.384. The third kappa shape index (κ3) is 3.56. The smallest absolute Gasteiger partial charge is 0.269 e. The van der Waals surface area contributed by atoms with Crippen molar-refractivity contribution < 1.29 is 9.72 Å². The Hall–Kier alpha value is -3.33. The molecular weight excluding hydrogens is 380 g/mol. The number of benzene rings is 1. The summed E-state index contributed by atoms with van der Waals surface area (Å²) in [6.07, 6.45) is 3.02. The van der Waals surface area contributed by atoms with Gasteiger partial charge in [0.2, 0.25) is 0 Å². The van der Waals surface area contributed by atoms with Gasteiger partial charge in [0.05, 0.1) is 21.5 Å². The quantitative estimate of drug-likeness (QED) is 0.361. The standard InChI is InChI=1S/C19H18N4O4S/c1-4-8-22(10-13-6-5-7-14(9-13)23(26)27)19(25)16-12(2)15-17(28-16)20-11-21(3)18(15)24/h4-7,9,11H,1,8,10H2,2-3H3. The third-order valence-corrected chi connectivity index (χ3v) is 5.52. The van der Waals surface area contributed by atoms with Crippen molar-refractivity contribution in [2.75, 3.05) is 6.54 Å². The number of fused-ring (bicyclic) bond motifs is 1. The Labute approximate surface area is 164 Å². The minimum atomic E-state index is -0.471. The summed E-state index contributed by atoms with van der Waals surface area (Å²) in [7, 11) is 1.61. The van der Waals surface area contributed by atoms with Gasteiger partial charge in [-0.3, -0.25) is 19.7 Å². The maximum Gasteiger partial charge on any atom is 0.269 e. The fraction of sp³-hybridized carbons (Fsp3) is 0.211. The number of hydrogen-bond donors (Lipinski definition) is 0. The van der Waals surface area contributed by atoms with E-state index in [9.17, 15) is 19.7 Å². The van der Waals surface area contributed by atoms with Crippen molar-refractivity contribution in [1.82, 2.24) is 14.5 Å². The fourth-order valence-electron chi connectivity index (χ4n) is 2.92. The van der Waals surface area contributed by atoms with Gasteiger partial charge in [0.25, 0.3) is 17.2 Å². The molecule has 2 aromatic heterocycles. The lowest BCUT2D eigenvalue weighted by Gasteiger charge is -2.21. The number of carbonyl (C=O) groups excluding carboxylic acids is 1. The largest absolute Gasteiger partial charge is 0.330 e. The Morgan fingerprint density at radius 3 is 2.89 bits per heavy atom. The van der Waals surface area contributed by atoms with Crippen molar-refractivity contribution in [3.63, 3.8) is 0 Å². The van der Waals surface area contributed by atoms with Crippen LogP contribution in [0.15, 0.2) is 48.0 Å². The van der Waals surface area contributed by atoms with Crippen molar-refractivity contribution in [2.24, 2.45) is 7.05 Å². The van der Waals surface area contributed by atoms with Gasteiger partial charge >= 0.3 is 0 Å². The van der Waals surface area contributed by atoms with E-state index in [1.807, 2.05) is 0 Å². The van der Waals surface area contributed by atoms with Gasteiger partial charge in [-0.25, -0.2) is 4.98 Å². The average Bonchev–Trinajstić information content (AvgIpc) is 3.01. The first kappa shape index (κ1) is 19.4. The van der Waals surface area contributed by atoms with Gasteiger partial charge in [0.1, 0.15) is 4.83 Å². The van der Waals surface area contributed by atoms with Gasteiger partial charge in [-0.05, 0) is 18.1 Å². The van der Waals surface area contributed by atoms with Crippen molar-refractivity contribution >= 4 is 33.1 Å². The minimum Gasteiger partial charge on any atom is -0.330 e. The zero-order valence-corrected chi connectivity index (χ0v) is 16.2. The molecule has 8 nitrogen and oxygen atoms in total. The Morgan fingerprint density at radius 2 is 2.21 bits per heavy atom. The molecule has 3 rings (SSSR count). The molecule has 0 radical (unpaired) electrons. The molecule has 0 saturated carbocycles. The average molecular weight is 398 g/mol. The number of aromatic nitrogens is 2. The van der Waals surface area contributed by atoms with E-state index in [0.29, 0.717) is 26.2 Å². The molecule has 2 heterocycles. The summed E-state index contributed by atoms with van der Waals surface area (Å²) in [6, 6.07) is 6.16. The van der Waals surface area contributed by atoms with Crippen LogP contribution < -0.4 is 5.56 Å². The Bertz CT molecular complexity index is 1150. The summed E-state index contributed by atoms with van der Waals surface area (Å²) in [4.78, 5) is 42.8. The van der Waals surface area contributed by atoms with Crippen LogP contribution >= 0.6 is 11.3 Å². The summed E-state index contributed by atoms with van der Waals surface area (Å²) in [5, 5.41) is 11.4. The van der Waals surface area contributed by atoms with E-state index in [4.69, 9.17) is 0 Å². The Balaban J connectivity index is 1.99. The first-order valence-corrected chi connectivity index (χ1v) is 9.23. The lowest BCUT2D eigenvalue weighted by atomic mass is 10.1. The minimum absolute atomic E-state index is 0.0331. The van der Waals surface area contributed by atoms with Crippen LogP contribution in [0.1, 0.15) is 20.8 Å². The first-order valence-electron chi connectivity index (χ1n) is 8.41. The number of rotatable bonds is 6. The predicted molar refractivity (Wildman–Crippen MR) is 108 cm³/mol. The second-order valence-corrected chi connectivity index (χ2v) is 7.30. The van der Waals surface area contributed by atoms with E-state index in [2.05, 4.69) is 11.6 Å². The van der Waals surface area contributed by atoms with Gasteiger partial charge in [0.15, 0.2) is 0 Å². The molecule has 0 fully saturated rings. The number of nitrogens with zero attached hydrogens (tertiary/aromatic N) is 4. The number of thiophene rings is 1. The van der Waals surface area contributed by atoms with Crippen molar-refractivity contribution in [2.45, 2.75) is 13.5 Å². The number of non-ortho nitro benzene ring substituents is 1. The van der Waals surface area contributed by atoms with Gasteiger partial charge < -0.3 is 9.47 Å². The molecule has 144 valence electrons. The summed E-state index contributed by atoms with van der Waals surface area (Å²) >= 11 is 1.17. The zero-order chi connectivity index (χ0) is 20.4. The van der Waals surface area contributed by atoms with Crippen LogP contribution in [0.2, 0.25) is 0 Å².